The van der Waals surface area contributed by atoms with Gasteiger partial charge in [-0.3, -0.25) is 0 Å². The Kier molecular flexibility index (Phi) is 2.04. The second kappa shape index (κ2) is 2.73. The fourth-order valence-corrected chi connectivity index (χ4v) is 1.42. The average molecular weight is 165 g/mol. The van der Waals surface area contributed by atoms with E-state index in [0.717, 1.165) is 11.3 Å². The van der Waals surface area contributed by atoms with Crippen molar-refractivity contribution in [1.29, 1.82) is 0 Å². The van der Waals surface area contributed by atoms with Crippen molar-refractivity contribution in [3.05, 3.63) is 17.6 Å². The van der Waals surface area contributed by atoms with Crippen LogP contribution in [0.4, 0.5) is 5.82 Å². The van der Waals surface area contributed by atoms with Gasteiger partial charge in [0.15, 0.2) is 0 Å². The molecule has 0 bridgehead atoms. The molecule has 1 heterocycles. The van der Waals surface area contributed by atoms with Gasteiger partial charge in [-0.05, 0) is 12.3 Å². The van der Waals surface area contributed by atoms with Crippen molar-refractivity contribution < 1.29 is 0 Å². The van der Waals surface area contributed by atoms with E-state index in [1.54, 1.807) is 0 Å². The first kappa shape index (κ1) is 8.97. The number of nitrogens with zero attached hydrogens (tertiary/aromatic N) is 2. The first-order valence-corrected chi connectivity index (χ1v) is 4.00. The van der Waals surface area contributed by atoms with Gasteiger partial charge in [0.25, 0.3) is 0 Å². The Balaban J connectivity index is 3.31. The van der Waals surface area contributed by atoms with Crippen LogP contribution in [0.3, 0.4) is 0 Å². The number of aryl methyl sites for hydroxylation is 1. The van der Waals surface area contributed by atoms with Gasteiger partial charge in [-0.25, -0.2) is 9.97 Å². The molecule has 0 aliphatic carbocycles. The van der Waals surface area contributed by atoms with Crippen LogP contribution in [0.2, 0.25) is 0 Å². The number of anilines is 1. The van der Waals surface area contributed by atoms with Crippen LogP contribution in [0.1, 0.15) is 32.0 Å². The van der Waals surface area contributed by atoms with Crippen molar-refractivity contribution in [3.63, 3.8) is 0 Å². The fourth-order valence-electron chi connectivity index (χ4n) is 1.42. The Morgan fingerprint density at radius 3 is 2.17 bits per heavy atom. The molecular weight excluding hydrogens is 150 g/mol. The number of rotatable bonds is 0. The van der Waals surface area contributed by atoms with Crippen LogP contribution in [0.15, 0.2) is 6.33 Å². The molecule has 3 heteroatoms. The summed E-state index contributed by atoms with van der Waals surface area (Å²) in [6.45, 7) is 8.28. The molecular formula is C9H15N3. The quantitative estimate of drug-likeness (QED) is 0.636. The lowest BCUT2D eigenvalue weighted by Crippen LogP contribution is -2.17. The molecule has 0 unspecified atom stereocenters. The van der Waals surface area contributed by atoms with Crippen LogP contribution in [0, 0.1) is 6.92 Å². The van der Waals surface area contributed by atoms with Crippen LogP contribution < -0.4 is 5.73 Å². The number of nitrogen functional groups attached to an aromatic ring is 1. The van der Waals surface area contributed by atoms with Crippen LogP contribution in [-0.2, 0) is 5.41 Å². The SMILES string of the molecule is Cc1ncnc(N)c1C(C)(C)C. The minimum atomic E-state index is 0.0232. The third-order valence-corrected chi connectivity index (χ3v) is 1.82. The van der Waals surface area contributed by atoms with Crippen molar-refractivity contribution in [2.75, 3.05) is 5.73 Å². The summed E-state index contributed by atoms with van der Waals surface area (Å²) in [6, 6.07) is 0. The van der Waals surface area contributed by atoms with Crippen molar-refractivity contribution >= 4 is 5.82 Å². The summed E-state index contributed by atoms with van der Waals surface area (Å²) in [7, 11) is 0. The zero-order chi connectivity index (χ0) is 9.35. The van der Waals surface area contributed by atoms with Gasteiger partial charge in [0, 0.05) is 11.3 Å². The molecule has 0 aliphatic rings. The first-order chi connectivity index (χ1) is 5.43. The van der Waals surface area contributed by atoms with Gasteiger partial charge in [0.2, 0.25) is 0 Å². The Morgan fingerprint density at radius 2 is 1.83 bits per heavy atom. The molecule has 0 aliphatic heterocycles. The zero-order valence-electron chi connectivity index (χ0n) is 8.05. The molecule has 0 radical (unpaired) electrons. The zero-order valence-corrected chi connectivity index (χ0v) is 8.05. The lowest BCUT2D eigenvalue weighted by molar-refractivity contribution is 0.581. The standard InChI is InChI=1S/C9H15N3/c1-6-7(9(2,3)4)8(10)12-5-11-6/h5H,1-4H3,(H2,10,11,12). The van der Waals surface area contributed by atoms with Crippen LogP contribution >= 0.6 is 0 Å². The van der Waals surface area contributed by atoms with E-state index < -0.39 is 0 Å². The molecule has 0 aromatic carbocycles. The molecule has 66 valence electrons. The van der Waals surface area contributed by atoms with Crippen molar-refractivity contribution in [1.82, 2.24) is 9.97 Å². The molecule has 1 aromatic heterocycles. The Hall–Kier alpha value is -1.12. The van der Waals surface area contributed by atoms with E-state index in [1.165, 1.54) is 6.33 Å². The summed E-state index contributed by atoms with van der Waals surface area (Å²) in [5, 5.41) is 0. The van der Waals surface area contributed by atoms with Gasteiger partial charge in [-0.2, -0.15) is 0 Å². The summed E-state index contributed by atoms with van der Waals surface area (Å²) < 4.78 is 0. The lowest BCUT2D eigenvalue weighted by atomic mass is 9.86. The van der Waals surface area contributed by atoms with Crippen molar-refractivity contribution in [2.45, 2.75) is 33.1 Å². The molecule has 1 aromatic rings. The Labute approximate surface area is 73.0 Å². The normalized spacial score (nSPS) is 11.7. The fraction of sp³-hybridized carbons (Fsp3) is 0.556. The van der Waals surface area contributed by atoms with Crippen LogP contribution in [0.5, 0.6) is 0 Å². The number of nitrogens with two attached hydrogens (primary N) is 1. The number of hydrogen-bond donors (Lipinski definition) is 1. The van der Waals surface area contributed by atoms with Crippen LogP contribution in [-0.4, -0.2) is 9.97 Å². The van der Waals surface area contributed by atoms with Crippen molar-refractivity contribution in [3.8, 4) is 0 Å². The highest BCUT2D eigenvalue weighted by Crippen LogP contribution is 2.27. The van der Waals surface area contributed by atoms with E-state index in [4.69, 9.17) is 5.73 Å². The van der Waals surface area contributed by atoms with Gasteiger partial charge in [-0.1, -0.05) is 20.8 Å². The molecule has 2 N–H and O–H groups in total. The van der Waals surface area contributed by atoms with E-state index in [9.17, 15) is 0 Å². The number of aromatic nitrogens is 2. The summed E-state index contributed by atoms with van der Waals surface area (Å²) in [6.07, 6.45) is 1.50. The van der Waals surface area contributed by atoms with Gasteiger partial charge in [-0.15, -0.1) is 0 Å². The van der Waals surface area contributed by atoms with Crippen LogP contribution in [0.25, 0.3) is 0 Å². The summed E-state index contributed by atoms with van der Waals surface area (Å²) >= 11 is 0. The minimum absolute atomic E-state index is 0.0232. The van der Waals surface area contributed by atoms with Gasteiger partial charge in [0.05, 0.1) is 0 Å². The lowest BCUT2D eigenvalue weighted by Gasteiger charge is -2.21. The Morgan fingerprint density at radius 1 is 1.25 bits per heavy atom. The maximum Gasteiger partial charge on any atom is 0.130 e. The molecule has 0 atom stereocenters. The molecule has 0 saturated heterocycles. The van der Waals surface area contributed by atoms with Gasteiger partial charge < -0.3 is 5.73 Å². The first-order valence-electron chi connectivity index (χ1n) is 4.00. The molecule has 0 fully saturated rings. The summed E-state index contributed by atoms with van der Waals surface area (Å²) in [4.78, 5) is 8.09. The summed E-state index contributed by atoms with van der Waals surface area (Å²) in [5.41, 5.74) is 7.79. The Bertz CT molecular complexity index is 266. The second-order valence-electron chi connectivity index (χ2n) is 3.97. The van der Waals surface area contributed by atoms with E-state index in [1.807, 2.05) is 6.92 Å². The molecule has 1 rings (SSSR count). The highest BCUT2D eigenvalue weighted by molar-refractivity contribution is 5.45. The topological polar surface area (TPSA) is 51.8 Å². The van der Waals surface area contributed by atoms with E-state index in [2.05, 4.69) is 30.7 Å². The average Bonchev–Trinajstić information content (AvgIpc) is 1.82. The summed E-state index contributed by atoms with van der Waals surface area (Å²) in [5.74, 6) is 0.593. The largest absolute Gasteiger partial charge is 0.383 e. The van der Waals surface area contributed by atoms with E-state index >= 15 is 0 Å². The van der Waals surface area contributed by atoms with Crippen molar-refractivity contribution in [2.24, 2.45) is 0 Å². The predicted molar refractivity (Wildman–Crippen MR) is 49.9 cm³/mol. The third-order valence-electron chi connectivity index (χ3n) is 1.82. The maximum atomic E-state index is 5.76. The van der Waals surface area contributed by atoms with Gasteiger partial charge in [0.1, 0.15) is 12.1 Å². The molecule has 12 heavy (non-hydrogen) atoms. The third kappa shape index (κ3) is 1.55. The smallest absolute Gasteiger partial charge is 0.130 e. The predicted octanol–water partition coefficient (Wildman–Crippen LogP) is 1.66. The van der Waals surface area contributed by atoms with E-state index in [-0.39, 0.29) is 5.41 Å². The molecule has 0 spiro atoms. The van der Waals surface area contributed by atoms with E-state index in [0.29, 0.717) is 5.82 Å². The minimum Gasteiger partial charge on any atom is -0.383 e. The monoisotopic (exact) mass is 165 g/mol. The second-order valence-corrected chi connectivity index (χ2v) is 3.97. The molecule has 0 saturated carbocycles. The number of hydrogen-bond acceptors (Lipinski definition) is 3. The maximum absolute atomic E-state index is 5.76. The molecule has 3 nitrogen and oxygen atoms in total. The highest BCUT2D eigenvalue weighted by atomic mass is 14.9. The highest BCUT2D eigenvalue weighted by Gasteiger charge is 2.20. The van der Waals surface area contributed by atoms with Gasteiger partial charge >= 0.3 is 0 Å². The molecule has 0 amide bonds.